The molecular formula is C8H9ClF2N2O. The van der Waals surface area contributed by atoms with E-state index in [-0.39, 0.29) is 28.4 Å². The number of halogens is 3. The molecule has 0 spiro atoms. The second kappa shape index (κ2) is 4.52. The lowest BCUT2D eigenvalue weighted by atomic mass is 10.1. The fraction of sp³-hybridized carbons (Fsp3) is 0.375. The van der Waals surface area contributed by atoms with Crippen molar-refractivity contribution in [2.45, 2.75) is 18.9 Å². The number of nitrogen functional groups attached to an aromatic ring is 1. The molecule has 0 saturated heterocycles. The van der Waals surface area contributed by atoms with E-state index in [0.29, 0.717) is 0 Å². The zero-order chi connectivity index (χ0) is 10.7. The number of aliphatic hydroxyl groups excluding tert-OH is 1. The topological polar surface area (TPSA) is 59.1 Å². The van der Waals surface area contributed by atoms with Crippen molar-refractivity contribution >= 4 is 17.3 Å². The van der Waals surface area contributed by atoms with Crippen molar-refractivity contribution in [3.63, 3.8) is 0 Å². The van der Waals surface area contributed by atoms with Crippen LogP contribution in [0.3, 0.4) is 0 Å². The number of anilines is 1. The Morgan fingerprint density at radius 2 is 2.21 bits per heavy atom. The highest BCUT2D eigenvalue weighted by Crippen LogP contribution is 2.30. The molecule has 0 atom stereocenters. The Hall–Kier alpha value is -0.940. The molecule has 1 aromatic rings. The lowest BCUT2D eigenvalue weighted by Gasteiger charge is -2.11. The zero-order valence-electron chi connectivity index (χ0n) is 7.17. The van der Waals surface area contributed by atoms with Crippen molar-refractivity contribution in [1.29, 1.82) is 0 Å². The minimum atomic E-state index is -2.71. The molecule has 0 radical (unpaired) electrons. The first-order valence-corrected chi connectivity index (χ1v) is 4.36. The molecule has 0 amide bonds. The van der Waals surface area contributed by atoms with Crippen LogP contribution in [0.4, 0.5) is 14.5 Å². The van der Waals surface area contributed by atoms with Crippen molar-refractivity contribution in [1.82, 2.24) is 4.98 Å². The van der Waals surface area contributed by atoms with Gasteiger partial charge in [0, 0.05) is 17.6 Å². The van der Waals surface area contributed by atoms with Crippen LogP contribution in [-0.4, -0.2) is 10.1 Å². The molecule has 0 aliphatic carbocycles. The van der Waals surface area contributed by atoms with Crippen LogP contribution in [0.1, 0.15) is 23.2 Å². The molecule has 0 fully saturated rings. The molecule has 1 rings (SSSR count). The second-order valence-corrected chi connectivity index (χ2v) is 2.92. The molecule has 0 bridgehead atoms. The number of nitrogens with two attached hydrogens (primary N) is 1. The van der Waals surface area contributed by atoms with E-state index in [0.717, 1.165) is 0 Å². The summed E-state index contributed by atoms with van der Waals surface area (Å²) < 4.78 is 25.1. The van der Waals surface area contributed by atoms with Gasteiger partial charge >= 0.3 is 0 Å². The summed E-state index contributed by atoms with van der Waals surface area (Å²) in [6.45, 7) is -0.464. The smallest absolute Gasteiger partial charge is 0.266 e. The first kappa shape index (κ1) is 11.1. The highest BCUT2D eigenvalue weighted by Gasteiger charge is 2.19. The summed E-state index contributed by atoms with van der Waals surface area (Å²) in [6, 6.07) is 0. The van der Waals surface area contributed by atoms with E-state index >= 15 is 0 Å². The maximum Gasteiger partial charge on any atom is 0.266 e. The van der Waals surface area contributed by atoms with Crippen LogP contribution in [0.2, 0.25) is 0 Å². The summed E-state index contributed by atoms with van der Waals surface area (Å²) in [6.07, 6.45) is -1.51. The third kappa shape index (κ3) is 1.93. The second-order valence-electron chi connectivity index (χ2n) is 2.65. The molecule has 0 saturated carbocycles. The molecule has 1 aromatic heterocycles. The van der Waals surface area contributed by atoms with E-state index in [1.54, 1.807) is 0 Å². The van der Waals surface area contributed by atoms with Gasteiger partial charge in [-0.05, 0) is 5.56 Å². The number of pyridine rings is 1. The monoisotopic (exact) mass is 222 g/mol. The Balaban J connectivity index is 3.31. The van der Waals surface area contributed by atoms with Gasteiger partial charge in [-0.1, -0.05) is 0 Å². The van der Waals surface area contributed by atoms with Gasteiger partial charge in [-0.3, -0.25) is 4.98 Å². The molecule has 3 N–H and O–H groups in total. The first-order valence-electron chi connectivity index (χ1n) is 3.82. The number of hydrogen-bond acceptors (Lipinski definition) is 3. The Bertz CT molecular complexity index is 333. The Kier molecular flexibility index (Phi) is 3.60. The number of rotatable bonds is 3. The van der Waals surface area contributed by atoms with Crippen LogP contribution < -0.4 is 5.73 Å². The molecule has 3 nitrogen and oxygen atoms in total. The summed E-state index contributed by atoms with van der Waals surface area (Å²) in [4.78, 5) is 3.72. The van der Waals surface area contributed by atoms with Crippen molar-refractivity contribution in [3.05, 3.63) is 23.0 Å². The average molecular weight is 223 g/mol. The standard InChI is InChI=1S/C8H9ClF2N2O/c9-1-4-2-13-5(3-14)7(12)6(4)8(10)11/h2,8,14H,1,3,12H2. The summed E-state index contributed by atoms with van der Waals surface area (Å²) in [5.74, 6) is -0.0808. The van der Waals surface area contributed by atoms with Gasteiger partial charge in [0.15, 0.2) is 0 Å². The van der Waals surface area contributed by atoms with E-state index in [1.165, 1.54) is 6.20 Å². The van der Waals surface area contributed by atoms with Crippen molar-refractivity contribution in [2.75, 3.05) is 5.73 Å². The molecule has 14 heavy (non-hydrogen) atoms. The largest absolute Gasteiger partial charge is 0.397 e. The highest BCUT2D eigenvalue weighted by atomic mass is 35.5. The third-order valence-corrected chi connectivity index (χ3v) is 2.12. The highest BCUT2D eigenvalue weighted by molar-refractivity contribution is 6.17. The molecule has 78 valence electrons. The number of hydrogen-bond donors (Lipinski definition) is 2. The van der Waals surface area contributed by atoms with Crippen LogP contribution in [0.5, 0.6) is 0 Å². The number of aliphatic hydroxyl groups is 1. The van der Waals surface area contributed by atoms with Crippen molar-refractivity contribution in [3.8, 4) is 0 Å². The average Bonchev–Trinajstić information content (AvgIpc) is 2.16. The minimum Gasteiger partial charge on any atom is -0.397 e. The van der Waals surface area contributed by atoms with Gasteiger partial charge in [0.25, 0.3) is 6.43 Å². The summed E-state index contributed by atoms with van der Waals surface area (Å²) in [5, 5.41) is 8.77. The zero-order valence-corrected chi connectivity index (χ0v) is 7.93. The Morgan fingerprint density at radius 1 is 1.57 bits per heavy atom. The molecular weight excluding hydrogens is 214 g/mol. The summed E-state index contributed by atoms with van der Waals surface area (Å²) in [7, 11) is 0. The van der Waals surface area contributed by atoms with Gasteiger partial charge in [-0.25, -0.2) is 8.78 Å². The SMILES string of the molecule is Nc1c(CO)ncc(CCl)c1C(F)F. The molecule has 0 unspecified atom stereocenters. The van der Waals surface area contributed by atoms with Crippen LogP contribution in [0, 0.1) is 0 Å². The fourth-order valence-electron chi connectivity index (χ4n) is 1.11. The predicted molar refractivity (Wildman–Crippen MR) is 49.1 cm³/mol. The van der Waals surface area contributed by atoms with Crippen LogP contribution in [-0.2, 0) is 12.5 Å². The van der Waals surface area contributed by atoms with Gasteiger partial charge in [0.2, 0.25) is 0 Å². The van der Waals surface area contributed by atoms with E-state index in [4.69, 9.17) is 22.4 Å². The van der Waals surface area contributed by atoms with Gasteiger partial charge in [-0.15, -0.1) is 11.6 Å². The summed E-state index contributed by atoms with van der Waals surface area (Å²) >= 11 is 5.45. The normalized spacial score (nSPS) is 10.9. The maximum atomic E-state index is 12.5. The molecule has 0 aliphatic rings. The van der Waals surface area contributed by atoms with Gasteiger partial charge < -0.3 is 10.8 Å². The molecule has 0 aromatic carbocycles. The predicted octanol–water partition coefficient (Wildman–Crippen LogP) is 1.83. The van der Waals surface area contributed by atoms with Gasteiger partial charge in [-0.2, -0.15) is 0 Å². The molecule has 1 heterocycles. The van der Waals surface area contributed by atoms with E-state index in [1.807, 2.05) is 0 Å². The fourth-order valence-corrected chi connectivity index (χ4v) is 1.33. The van der Waals surface area contributed by atoms with Crippen molar-refractivity contribution in [2.24, 2.45) is 0 Å². The van der Waals surface area contributed by atoms with Gasteiger partial charge in [0.1, 0.15) is 0 Å². The maximum absolute atomic E-state index is 12.5. The Morgan fingerprint density at radius 3 is 2.64 bits per heavy atom. The third-order valence-electron chi connectivity index (χ3n) is 1.84. The van der Waals surface area contributed by atoms with Crippen LogP contribution in [0.15, 0.2) is 6.20 Å². The number of alkyl halides is 3. The van der Waals surface area contributed by atoms with Crippen LogP contribution >= 0.6 is 11.6 Å². The van der Waals surface area contributed by atoms with E-state index < -0.39 is 13.0 Å². The molecule has 6 heteroatoms. The van der Waals surface area contributed by atoms with E-state index in [9.17, 15) is 8.78 Å². The lowest BCUT2D eigenvalue weighted by molar-refractivity contribution is 0.151. The Labute approximate surface area is 84.5 Å². The first-order chi connectivity index (χ1) is 6.61. The van der Waals surface area contributed by atoms with Gasteiger partial charge in [0.05, 0.1) is 18.0 Å². The quantitative estimate of drug-likeness (QED) is 0.768. The lowest BCUT2D eigenvalue weighted by Crippen LogP contribution is -2.06. The van der Waals surface area contributed by atoms with Crippen molar-refractivity contribution < 1.29 is 13.9 Å². The number of aromatic nitrogens is 1. The van der Waals surface area contributed by atoms with E-state index in [2.05, 4.69) is 4.98 Å². The van der Waals surface area contributed by atoms with Crippen LogP contribution in [0.25, 0.3) is 0 Å². The minimum absolute atomic E-state index is 0.0502. The number of nitrogens with zero attached hydrogens (tertiary/aromatic N) is 1. The molecule has 0 aliphatic heterocycles. The summed E-state index contributed by atoms with van der Waals surface area (Å²) in [5.41, 5.74) is 5.14.